The molecule has 0 amide bonds. The van der Waals surface area contributed by atoms with E-state index in [-0.39, 0.29) is 5.54 Å². The van der Waals surface area contributed by atoms with E-state index in [4.69, 9.17) is 6.42 Å². The van der Waals surface area contributed by atoms with E-state index in [1.54, 1.807) is 0 Å². The lowest BCUT2D eigenvalue weighted by molar-refractivity contribution is 0.291. The predicted molar refractivity (Wildman–Crippen MR) is 65.6 cm³/mol. The number of terminal acetylenes is 1. The molecular weight excluding hydrogens is 190 g/mol. The highest BCUT2D eigenvalue weighted by molar-refractivity contribution is 7.99. The van der Waals surface area contributed by atoms with Gasteiger partial charge in [-0.25, -0.2) is 0 Å². The molecule has 1 fully saturated rings. The molecule has 1 aliphatic heterocycles. The van der Waals surface area contributed by atoms with E-state index < -0.39 is 0 Å². The molecule has 1 unspecified atom stereocenters. The van der Waals surface area contributed by atoms with E-state index in [1.807, 2.05) is 11.8 Å². The van der Waals surface area contributed by atoms with Crippen LogP contribution in [0.15, 0.2) is 0 Å². The van der Waals surface area contributed by atoms with Crippen LogP contribution in [0, 0.1) is 17.8 Å². The Balaban J connectivity index is 2.51. The molecule has 0 aromatic heterocycles. The summed E-state index contributed by atoms with van der Waals surface area (Å²) in [6.07, 6.45) is 6.70. The van der Waals surface area contributed by atoms with Gasteiger partial charge in [0.05, 0.1) is 5.54 Å². The molecule has 1 rings (SSSR count). The van der Waals surface area contributed by atoms with Crippen LogP contribution in [0.2, 0.25) is 0 Å². The largest absolute Gasteiger partial charge is 0.298 e. The van der Waals surface area contributed by atoms with Gasteiger partial charge in [-0.2, -0.15) is 11.8 Å². The van der Waals surface area contributed by atoms with Crippen molar-refractivity contribution in [1.82, 2.24) is 5.32 Å². The summed E-state index contributed by atoms with van der Waals surface area (Å²) in [4.78, 5) is 0. The highest BCUT2D eigenvalue weighted by Crippen LogP contribution is 2.33. The minimum atomic E-state index is -0.168. The van der Waals surface area contributed by atoms with Crippen LogP contribution in [-0.4, -0.2) is 23.1 Å². The topological polar surface area (TPSA) is 12.0 Å². The van der Waals surface area contributed by atoms with Gasteiger partial charge in [0.25, 0.3) is 0 Å². The fourth-order valence-corrected chi connectivity index (χ4v) is 3.18. The lowest BCUT2D eigenvalue weighted by Crippen LogP contribution is -2.49. The molecule has 1 saturated heterocycles. The fraction of sp³-hybridized carbons (Fsp3) is 0.833. The lowest BCUT2D eigenvalue weighted by atomic mass is 9.87. The van der Waals surface area contributed by atoms with Gasteiger partial charge in [-0.05, 0) is 31.4 Å². The van der Waals surface area contributed by atoms with Crippen molar-refractivity contribution in [3.63, 3.8) is 0 Å². The average molecular weight is 211 g/mol. The number of hydrogen-bond donors (Lipinski definition) is 1. The SMILES string of the molecule is C#CC(C)(C)NC1CSCC(C)(C)C1. The van der Waals surface area contributed by atoms with Gasteiger partial charge in [-0.1, -0.05) is 19.8 Å². The number of rotatable bonds is 2. The van der Waals surface area contributed by atoms with E-state index in [2.05, 4.69) is 38.9 Å². The predicted octanol–water partition coefficient (Wildman–Crippen LogP) is 2.52. The molecule has 0 aromatic rings. The highest BCUT2D eigenvalue weighted by atomic mass is 32.2. The van der Waals surface area contributed by atoms with E-state index in [9.17, 15) is 0 Å². The van der Waals surface area contributed by atoms with E-state index >= 15 is 0 Å². The molecular formula is C12H21NS. The van der Waals surface area contributed by atoms with Gasteiger partial charge in [-0.3, -0.25) is 5.32 Å². The van der Waals surface area contributed by atoms with Crippen molar-refractivity contribution in [2.45, 2.75) is 45.7 Å². The molecule has 0 saturated carbocycles. The first-order valence-electron chi connectivity index (χ1n) is 5.18. The summed E-state index contributed by atoms with van der Waals surface area (Å²) in [5.74, 6) is 5.25. The van der Waals surface area contributed by atoms with E-state index in [0.717, 1.165) is 0 Å². The van der Waals surface area contributed by atoms with Crippen LogP contribution in [0.4, 0.5) is 0 Å². The first-order chi connectivity index (χ1) is 6.35. The summed E-state index contributed by atoms with van der Waals surface area (Å²) in [5.41, 5.74) is 0.282. The van der Waals surface area contributed by atoms with E-state index in [0.29, 0.717) is 11.5 Å². The highest BCUT2D eigenvalue weighted by Gasteiger charge is 2.30. The molecule has 1 nitrogen and oxygen atoms in total. The zero-order chi connectivity index (χ0) is 10.8. The smallest absolute Gasteiger partial charge is 0.0743 e. The molecule has 2 heteroatoms. The van der Waals surface area contributed by atoms with Crippen LogP contribution in [-0.2, 0) is 0 Å². The van der Waals surface area contributed by atoms with Gasteiger partial charge in [0.1, 0.15) is 0 Å². The van der Waals surface area contributed by atoms with Crippen molar-refractivity contribution in [2.75, 3.05) is 11.5 Å². The Labute approximate surface area is 92.4 Å². The fourth-order valence-electron chi connectivity index (χ4n) is 1.91. The van der Waals surface area contributed by atoms with Crippen LogP contribution < -0.4 is 5.32 Å². The molecule has 0 aliphatic carbocycles. The molecule has 0 bridgehead atoms. The molecule has 80 valence electrons. The zero-order valence-electron chi connectivity index (χ0n) is 9.68. The monoisotopic (exact) mass is 211 g/mol. The second kappa shape index (κ2) is 4.16. The summed E-state index contributed by atoms with van der Waals surface area (Å²) < 4.78 is 0. The Kier molecular flexibility index (Phi) is 3.55. The Morgan fingerprint density at radius 1 is 1.50 bits per heavy atom. The van der Waals surface area contributed by atoms with Gasteiger partial charge >= 0.3 is 0 Å². The number of thioether (sulfide) groups is 1. The quantitative estimate of drug-likeness (QED) is 0.704. The maximum atomic E-state index is 5.47. The second-order valence-electron chi connectivity index (χ2n) is 5.49. The summed E-state index contributed by atoms with van der Waals surface area (Å²) in [7, 11) is 0. The molecule has 1 atom stereocenters. The maximum Gasteiger partial charge on any atom is 0.0743 e. The Morgan fingerprint density at radius 3 is 2.64 bits per heavy atom. The summed E-state index contributed by atoms with van der Waals surface area (Å²) in [5, 5.41) is 3.54. The van der Waals surface area contributed by atoms with Crippen LogP contribution >= 0.6 is 11.8 Å². The van der Waals surface area contributed by atoms with E-state index in [1.165, 1.54) is 17.9 Å². The van der Waals surface area contributed by atoms with Crippen LogP contribution in [0.1, 0.15) is 34.1 Å². The van der Waals surface area contributed by atoms with Gasteiger partial charge in [0.2, 0.25) is 0 Å². The molecule has 0 radical (unpaired) electrons. The Hall–Kier alpha value is -0.130. The third-order valence-corrected chi connectivity index (χ3v) is 4.16. The normalized spacial score (nSPS) is 26.9. The van der Waals surface area contributed by atoms with Gasteiger partial charge < -0.3 is 0 Å². The Morgan fingerprint density at radius 2 is 2.14 bits per heavy atom. The van der Waals surface area contributed by atoms with Crippen LogP contribution in [0.25, 0.3) is 0 Å². The molecule has 14 heavy (non-hydrogen) atoms. The van der Waals surface area contributed by atoms with Gasteiger partial charge in [-0.15, -0.1) is 6.42 Å². The lowest BCUT2D eigenvalue weighted by Gasteiger charge is -2.38. The van der Waals surface area contributed by atoms with Crippen molar-refractivity contribution in [3.8, 4) is 12.3 Å². The third-order valence-electron chi connectivity index (χ3n) is 2.54. The van der Waals surface area contributed by atoms with Crippen LogP contribution in [0.3, 0.4) is 0 Å². The Bertz CT molecular complexity index is 237. The van der Waals surface area contributed by atoms with Crippen LogP contribution in [0.5, 0.6) is 0 Å². The van der Waals surface area contributed by atoms with Crippen molar-refractivity contribution in [2.24, 2.45) is 5.41 Å². The second-order valence-corrected chi connectivity index (χ2v) is 6.52. The summed E-state index contributed by atoms with van der Waals surface area (Å²) in [6, 6.07) is 0.565. The van der Waals surface area contributed by atoms with Crippen molar-refractivity contribution in [3.05, 3.63) is 0 Å². The minimum Gasteiger partial charge on any atom is -0.298 e. The number of hydrogen-bond acceptors (Lipinski definition) is 2. The minimum absolute atomic E-state index is 0.168. The first-order valence-corrected chi connectivity index (χ1v) is 6.33. The molecule has 1 N–H and O–H groups in total. The average Bonchev–Trinajstić information content (AvgIpc) is 2.01. The molecule has 0 spiro atoms. The molecule has 1 aliphatic rings. The number of nitrogens with one attached hydrogen (secondary N) is 1. The third kappa shape index (κ3) is 3.55. The van der Waals surface area contributed by atoms with Crippen molar-refractivity contribution < 1.29 is 0 Å². The summed E-state index contributed by atoms with van der Waals surface area (Å²) in [6.45, 7) is 8.80. The standard InChI is InChI=1S/C12H21NS/c1-6-12(4,5)13-10-7-11(2,3)9-14-8-10/h1,10,13H,7-9H2,2-5H3. The van der Waals surface area contributed by atoms with Gasteiger partial charge in [0.15, 0.2) is 0 Å². The summed E-state index contributed by atoms with van der Waals surface area (Å²) >= 11 is 2.03. The molecule has 1 heterocycles. The first kappa shape index (κ1) is 11.9. The molecule has 0 aromatic carbocycles. The zero-order valence-corrected chi connectivity index (χ0v) is 10.5. The van der Waals surface area contributed by atoms with Crippen molar-refractivity contribution >= 4 is 11.8 Å². The van der Waals surface area contributed by atoms with Gasteiger partial charge in [0, 0.05) is 11.8 Å². The maximum absolute atomic E-state index is 5.47. The van der Waals surface area contributed by atoms with Crippen molar-refractivity contribution in [1.29, 1.82) is 0 Å².